The third kappa shape index (κ3) is 1.47. The Bertz CT molecular complexity index is 544. The number of aliphatic hydroxyl groups excluding tert-OH is 1. The molecule has 0 spiro atoms. The van der Waals surface area contributed by atoms with E-state index in [9.17, 15) is 10.4 Å². The lowest BCUT2D eigenvalue weighted by Crippen LogP contribution is -2.44. The summed E-state index contributed by atoms with van der Waals surface area (Å²) in [6, 6.07) is 4.76. The third-order valence-corrected chi connectivity index (χ3v) is 2.29. The Hall–Kier alpha value is -2.15. The zero-order chi connectivity index (χ0) is 11.7. The molecule has 1 heterocycles. The number of fused-ring (bicyclic) bond motifs is 1. The molecule has 16 heavy (non-hydrogen) atoms. The lowest BCUT2D eigenvalue weighted by Gasteiger charge is -2.10. The molecule has 3 N–H and O–H groups in total. The van der Waals surface area contributed by atoms with Crippen LogP contribution in [0.15, 0.2) is 18.2 Å². The first-order chi connectivity index (χ1) is 7.65. The standard InChI is InChI=1S/C9H10N4O3/c10-9-11-13(16)7-3-1-2-6(4-5-14)8(7)12(9)15/h1-3,14H,4-5H2,(H2,10,11). The van der Waals surface area contributed by atoms with Gasteiger partial charge in [-0.2, -0.15) is 0 Å². The molecule has 0 fully saturated rings. The molecular weight excluding hydrogens is 212 g/mol. The molecule has 2 aromatic rings. The van der Waals surface area contributed by atoms with Crippen LogP contribution in [0.3, 0.4) is 0 Å². The summed E-state index contributed by atoms with van der Waals surface area (Å²) < 4.78 is 0.398. The van der Waals surface area contributed by atoms with Crippen molar-refractivity contribution in [1.82, 2.24) is 5.10 Å². The molecule has 0 unspecified atom stereocenters. The number of nitrogen functional groups attached to an aromatic ring is 1. The van der Waals surface area contributed by atoms with Gasteiger partial charge in [0.25, 0.3) is 5.52 Å². The molecule has 0 saturated carbocycles. The third-order valence-electron chi connectivity index (χ3n) is 2.29. The van der Waals surface area contributed by atoms with Crippen molar-refractivity contribution in [3.05, 3.63) is 34.2 Å². The van der Waals surface area contributed by atoms with Crippen LogP contribution >= 0.6 is 0 Å². The largest absolute Gasteiger partial charge is 0.739 e. The summed E-state index contributed by atoms with van der Waals surface area (Å²) in [6.45, 7) is -0.111. The van der Waals surface area contributed by atoms with E-state index in [-0.39, 0.29) is 24.1 Å². The van der Waals surface area contributed by atoms with Crippen molar-refractivity contribution in [2.24, 2.45) is 0 Å². The van der Waals surface area contributed by atoms with Crippen molar-refractivity contribution in [2.75, 3.05) is 12.3 Å². The Balaban J connectivity index is 2.84. The summed E-state index contributed by atoms with van der Waals surface area (Å²) in [7, 11) is 0. The molecular formula is C9H10N4O3. The number of rotatable bonds is 2. The Kier molecular flexibility index (Phi) is 2.45. The molecule has 7 nitrogen and oxygen atoms in total. The fourth-order valence-electron chi connectivity index (χ4n) is 1.59. The minimum Gasteiger partial charge on any atom is -0.739 e. The second kappa shape index (κ2) is 3.78. The van der Waals surface area contributed by atoms with Crippen LogP contribution in [-0.2, 0) is 6.42 Å². The van der Waals surface area contributed by atoms with E-state index in [1.807, 2.05) is 0 Å². The quantitative estimate of drug-likeness (QED) is 0.480. The van der Waals surface area contributed by atoms with Crippen LogP contribution in [0.4, 0.5) is 5.95 Å². The number of anilines is 1. The molecule has 0 saturated heterocycles. The number of benzene rings is 1. The lowest BCUT2D eigenvalue weighted by atomic mass is 10.1. The summed E-state index contributed by atoms with van der Waals surface area (Å²) in [4.78, 5) is 0.305. The average molecular weight is 222 g/mol. The maximum Gasteiger partial charge on any atom is 0.458 e. The van der Waals surface area contributed by atoms with Gasteiger partial charge < -0.3 is 15.5 Å². The number of para-hydroxylation sites is 1. The SMILES string of the molecule is Nc1n[n+]([O-])c2cccc(CCO)c2[n+]1[O-]. The Morgan fingerprint density at radius 1 is 1.38 bits per heavy atom. The number of nitrogens with two attached hydrogens (primary N) is 1. The van der Waals surface area contributed by atoms with Gasteiger partial charge in [0.2, 0.25) is 5.10 Å². The second-order valence-electron chi connectivity index (χ2n) is 3.28. The highest BCUT2D eigenvalue weighted by Gasteiger charge is 2.19. The maximum absolute atomic E-state index is 11.7. The Morgan fingerprint density at radius 2 is 2.12 bits per heavy atom. The van der Waals surface area contributed by atoms with Gasteiger partial charge in [-0.05, 0) is 6.42 Å². The minimum absolute atomic E-state index is 0.111. The van der Waals surface area contributed by atoms with Gasteiger partial charge in [0.1, 0.15) is 0 Å². The Morgan fingerprint density at radius 3 is 2.81 bits per heavy atom. The van der Waals surface area contributed by atoms with Crippen LogP contribution < -0.4 is 15.3 Å². The first kappa shape index (κ1) is 10.4. The van der Waals surface area contributed by atoms with Crippen molar-refractivity contribution in [3.8, 4) is 0 Å². The van der Waals surface area contributed by atoms with E-state index in [0.29, 0.717) is 15.1 Å². The minimum atomic E-state index is -0.409. The zero-order valence-electron chi connectivity index (χ0n) is 8.33. The van der Waals surface area contributed by atoms with E-state index >= 15 is 0 Å². The highest BCUT2D eigenvalue weighted by atomic mass is 16.5. The molecule has 1 aromatic carbocycles. The van der Waals surface area contributed by atoms with Crippen LogP contribution in [0.1, 0.15) is 5.56 Å². The molecule has 0 atom stereocenters. The van der Waals surface area contributed by atoms with Crippen molar-refractivity contribution in [3.63, 3.8) is 0 Å². The topological polar surface area (TPSA) is 113 Å². The summed E-state index contributed by atoms with van der Waals surface area (Å²) >= 11 is 0. The number of aromatic nitrogens is 3. The molecule has 0 aliphatic heterocycles. The smallest absolute Gasteiger partial charge is 0.458 e. The Labute approximate surface area is 90.5 Å². The number of hydrogen-bond acceptors (Lipinski definition) is 5. The van der Waals surface area contributed by atoms with Gasteiger partial charge >= 0.3 is 5.95 Å². The molecule has 84 valence electrons. The average Bonchev–Trinajstić information content (AvgIpc) is 2.26. The van der Waals surface area contributed by atoms with E-state index in [1.54, 1.807) is 12.1 Å². The first-order valence-corrected chi connectivity index (χ1v) is 4.66. The summed E-state index contributed by atoms with van der Waals surface area (Å²) in [6.07, 6.45) is 0.281. The van der Waals surface area contributed by atoms with Gasteiger partial charge in [-0.1, -0.05) is 12.1 Å². The summed E-state index contributed by atoms with van der Waals surface area (Å²) in [5, 5.41) is 35.3. The molecule has 1 aromatic heterocycles. The molecule has 0 aliphatic carbocycles. The fourth-order valence-corrected chi connectivity index (χ4v) is 1.59. The number of hydrogen-bond donors (Lipinski definition) is 2. The first-order valence-electron chi connectivity index (χ1n) is 4.66. The fraction of sp³-hybridized carbons (Fsp3) is 0.222. The van der Waals surface area contributed by atoms with Crippen molar-refractivity contribution in [2.45, 2.75) is 6.42 Å². The number of nitrogens with zero attached hydrogens (tertiary/aromatic N) is 3. The predicted octanol–water partition coefficient (Wildman–Crippen LogP) is -1.38. The van der Waals surface area contributed by atoms with Gasteiger partial charge in [0, 0.05) is 23.1 Å². The highest BCUT2D eigenvalue weighted by Crippen LogP contribution is 2.12. The van der Waals surface area contributed by atoms with E-state index in [2.05, 4.69) is 5.10 Å². The van der Waals surface area contributed by atoms with E-state index < -0.39 is 5.95 Å². The van der Waals surface area contributed by atoms with E-state index in [0.717, 1.165) is 0 Å². The normalized spacial score (nSPS) is 10.8. The van der Waals surface area contributed by atoms with Gasteiger partial charge in [0.05, 0.1) is 0 Å². The van der Waals surface area contributed by atoms with Crippen LogP contribution in [0, 0.1) is 10.4 Å². The van der Waals surface area contributed by atoms with E-state index in [1.165, 1.54) is 6.07 Å². The van der Waals surface area contributed by atoms with Gasteiger partial charge in [-0.15, -0.1) is 0 Å². The maximum atomic E-state index is 11.7. The van der Waals surface area contributed by atoms with Gasteiger partial charge in [-0.3, -0.25) is 5.73 Å². The second-order valence-corrected chi connectivity index (χ2v) is 3.28. The van der Waals surface area contributed by atoms with Crippen LogP contribution in [-0.4, -0.2) is 16.8 Å². The zero-order valence-corrected chi connectivity index (χ0v) is 8.33. The molecule has 0 bridgehead atoms. The van der Waals surface area contributed by atoms with Crippen LogP contribution in [0.2, 0.25) is 0 Å². The molecule has 7 heteroatoms. The lowest BCUT2D eigenvalue weighted by molar-refractivity contribution is -0.672. The summed E-state index contributed by atoms with van der Waals surface area (Å²) in [5.74, 6) is -0.409. The molecule has 0 radical (unpaired) electrons. The van der Waals surface area contributed by atoms with Crippen molar-refractivity contribution >= 4 is 17.0 Å². The molecule has 2 rings (SSSR count). The molecule has 0 amide bonds. The van der Waals surface area contributed by atoms with E-state index in [4.69, 9.17) is 10.8 Å². The van der Waals surface area contributed by atoms with Crippen molar-refractivity contribution in [1.29, 1.82) is 0 Å². The summed E-state index contributed by atoms with van der Waals surface area (Å²) in [5.41, 5.74) is 6.16. The number of aliphatic hydroxyl groups is 1. The highest BCUT2D eigenvalue weighted by molar-refractivity contribution is 5.72. The van der Waals surface area contributed by atoms with Gasteiger partial charge in [0.15, 0.2) is 5.52 Å². The van der Waals surface area contributed by atoms with Crippen LogP contribution in [0.5, 0.6) is 0 Å². The monoisotopic (exact) mass is 222 g/mol. The predicted molar refractivity (Wildman–Crippen MR) is 54.9 cm³/mol. The van der Waals surface area contributed by atoms with Crippen molar-refractivity contribution < 1.29 is 14.7 Å². The van der Waals surface area contributed by atoms with Crippen LogP contribution in [0.25, 0.3) is 11.0 Å². The van der Waals surface area contributed by atoms with Gasteiger partial charge in [-0.25, -0.2) is 4.73 Å². The molecule has 0 aliphatic rings.